The van der Waals surface area contributed by atoms with Crippen LogP contribution in [-0.4, -0.2) is 30.8 Å². The van der Waals surface area contributed by atoms with Crippen LogP contribution in [0, 0.1) is 0 Å². The van der Waals surface area contributed by atoms with Gasteiger partial charge < -0.3 is 15.3 Å². The molecule has 0 saturated carbocycles. The van der Waals surface area contributed by atoms with Gasteiger partial charge in [0.15, 0.2) is 0 Å². The minimum absolute atomic E-state index is 0.184. The number of nitrogens with one attached hydrogen (secondary N) is 1. The van der Waals surface area contributed by atoms with Crippen molar-refractivity contribution in [3.8, 4) is 0 Å². The highest BCUT2D eigenvalue weighted by atomic mass is 79.9. The SMILES string of the molecule is CCCNC(C)c1ccc(N2CCC(O)C2)c(Br)c1. The molecule has 1 aliphatic heterocycles. The van der Waals surface area contributed by atoms with E-state index in [1.165, 1.54) is 11.3 Å². The normalized spacial score (nSPS) is 20.8. The number of hydrogen-bond acceptors (Lipinski definition) is 3. The van der Waals surface area contributed by atoms with Crippen molar-refractivity contribution in [2.45, 2.75) is 38.8 Å². The lowest BCUT2D eigenvalue weighted by atomic mass is 10.1. The molecule has 0 radical (unpaired) electrons. The van der Waals surface area contributed by atoms with Gasteiger partial charge >= 0.3 is 0 Å². The van der Waals surface area contributed by atoms with Gasteiger partial charge in [-0.05, 0) is 59.9 Å². The first-order chi connectivity index (χ1) is 9.11. The summed E-state index contributed by atoms with van der Waals surface area (Å²) in [6.07, 6.45) is 1.83. The van der Waals surface area contributed by atoms with E-state index in [1.807, 2.05) is 0 Å². The van der Waals surface area contributed by atoms with E-state index in [1.54, 1.807) is 0 Å². The van der Waals surface area contributed by atoms with Crippen LogP contribution in [0.3, 0.4) is 0 Å². The molecule has 2 unspecified atom stereocenters. The Balaban J connectivity index is 2.08. The van der Waals surface area contributed by atoms with Gasteiger partial charge in [-0.2, -0.15) is 0 Å². The predicted molar refractivity (Wildman–Crippen MR) is 83.7 cm³/mol. The summed E-state index contributed by atoms with van der Waals surface area (Å²) in [5.74, 6) is 0. The predicted octanol–water partition coefficient (Wildman–Crippen LogP) is 3.08. The Morgan fingerprint density at radius 2 is 2.32 bits per heavy atom. The summed E-state index contributed by atoms with van der Waals surface area (Å²) in [4.78, 5) is 2.24. The van der Waals surface area contributed by atoms with E-state index < -0.39 is 0 Å². The molecular formula is C15H23BrN2O. The Morgan fingerprint density at radius 1 is 1.53 bits per heavy atom. The maximum absolute atomic E-state index is 9.62. The fourth-order valence-electron chi connectivity index (χ4n) is 2.49. The van der Waals surface area contributed by atoms with E-state index in [-0.39, 0.29) is 6.10 Å². The molecule has 1 fully saturated rings. The van der Waals surface area contributed by atoms with Crippen LogP contribution in [0.5, 0.6) is 0 Å². The third kappa shape index (κ3) is 3.71. The monoisotopic (exact) mass is 326 g/mol. The summed E-state index contributed by atoms with van der Waals surface area (Å²) in [5, 5.41) is 13.1. The van der Waals surface area contributed by atoms with Gasteiger partial charge in [-0.15, -0.1) is 0 Å². The zero-order valence-corrected chi connectivity index (χ0v) is 13.3. The van der Waals surface area contributed by atoms with E-state index in [0.717, 1.165) is 36.9 Å². The van der Waals surface area contributed by atoms with Crippen LogP contribution < -0.4 is 10.2 Å². The summed E-state index contributed by atoms with van der Waals surface area (Å²) in [6, 6.07) is 6.89. The number of β-amino-alcohol motifs (C(OH)–C–C–N with tert-alkyl or cyclic N) is 1. The highest BCUT2D eigenvalue weighted by molar-refractivity contribution is 9.10. The fourth-order valence-corrected chi connectivity index (χ4v) is 3.14. The molecule has 3 nitrogen and oxygen atoms in total. The minimum atomic E-state index is -0.184. The third-order valence-electron chi connectivity index (χ3n) is 3.68. The number of benzene rings is 1. The molecule has 0 amide bonds. The number of aliphatic hydroxyl groups is 1. The van der Waals surface area contributed by atoms with Crippen molar-refractivity contribution in [3.05, 3.63) is 28.2 Å². The lowest BCUT2D eigenvalue weighted by Gasteiger charge is -2.21. The van der Waals surface area contributed by atoms with Gasteiger partial charge in [-0.1, -0.05) is 13.0 Å². The molecule has 0 aliphatic carbocycles. The lowest BCUT2D eigenvalue weighted by Crippen LogP contribution is -2.22. The maximum Gasteiger partial charge on any atom is 0.0731 e. The molecule has 1 aromatic carbocycles. The van der Waals surface area contributed by atoms with Crippen LogP contribution in [0.4, 0.5) is 5.69 Å². The van der Waals surface area contributed by atoms with Crippen molar-refractivity contribution in [3.63, 3.8) is 0 Å². The maximum atomic E-state index is 9.62. The number of nitrogens with zero attached hydrogens (tertiary/aromatic N) is 1. The second-order valence-electron chi connectivity index (χ2n) is 5.28. The molecule has 1 aliphatic rings. The molecule has 4 heteroatoms. The lowest BCUT2D eigenvalue weighted by molar-refractivity contribution is 0.198. The molecule has 1 heterocycles. The van der Waals surface area contributed by atoms with E-state index in [0.29, 0.717) is 6.04 Å². The molecule has 1 aromatic rings. The van der Waals surface area contributed by atoms with E-state index >= 15 is 0 Å². The van der Waals surface area contributed by atoms with Crippen molar-refractivity contribution in [1.82, 2.24) is 5.32 Å². The summed E-state index contributed by atoms with van der Waals surface area (Å²) in [7, 11) is 0. The van der Waals surface area contributed by atoms with Gasteiger partial charge in [0, 0.05) is 23.6 Å². The zero-order chi connectivity index (χ0) is 13.8. The smallest absolute Gasteiger partial charge is 0.0731 e. The van der Waals surface area contributed by atoms with Crippen molar-refractivity contribution < 1.29 is 5.11 Å². The van der Waals surface area contributed by atoms with Gasteiger partial charge in [0.25, 0.3) is 0 Å². The number of aliphatic hydroxyl groups excluding tert-OH is 1. The van der Waals surface area contributed by atoms with Gasteiger partial charge in [0.2, 0.25) is 0 Å². The first-order valence-corrected chi connectivity index (χ1v) is 7.87. The summed E-state index contributed by atoms with van der Waals surface area (Å²) in [6.45, 7) is 7.08. The first-order valence-electron chi connectivity index (χ1n) is 7.07. The Hall–Kier alpha value is -0.580. The zero-order valence-electron chi connectivity index (χ0n) is 11.7. The second-order valence-corrected chi connectivity index (χ2v) is 6.13. The molecular weight excluding hydrogens is 304 g/mol. The second kappa shape index (κ2) is 6.73. The van der Waals surface area contributed by atoms with Crippen LogP contribution in [0.2, 0.25) is 0 Å². The Bertz CT molecular complexity index is 425. The fraction of sp³-hybridized carbons (Fsp3) is 0.600. The molecule has 2 N–H and O–H groups in total. The highest BCUT2D eigenvalue weighted by Crippen LogP contribution is 2.31. The van der Waals surface area contributed by atoms with Crippen LogP contribution in [0.25, 0.3) is 0 Å². The number of halogens is 1. The van der Waals surface area contributed by atoms with E-state index in [2.05, 4.69) is 58.2 Å². The third-order valence-corrected chi connectivity index (χ3v) is 4.31. The Kier molecular flexibility index (Phi) is 5.25. The van der Waals surface area contributed by atoms with Crippen molar-refractivity contribution in [1.29, 1.82) is 0 Å². The molecule has 106 valence electrons. The average Bonchev–Trinajstić information content (AvgIpc) is 2.82. The van der Waals surface area contributed by atoms with Gasteiger partial charge in [-0.3, -0.25) is 0 Å². The highest BCUT2D eigenvalue weighted by Gasteiger charge is 2.22. The number of anilines is 1. The van der Waals surface area contributed by atoms with Crippen LogP contribution >= 0.6 is 15.9 Å². The number of rotatable bonds is 5. The van der Waals surface area contributed by atoms with Gasteiger partial charge in [0.05, 0.1) is 11.8 Å². The van der Waals surface area contributed by atoms with Gasteiger partial charge in [-0.25, -0.2) is 0 Å². The number of hydrogen-bond donors (Lipinski definition) is 2. The van der Waals surface area contributed by atoms with Crippen molar-refractivity contribution in [2.24, 2.45) is 0 Å². The standard InChI is InChI=1S/C15H23BrN2O/c1-3-7-17-11(2)12-4-5-15(14(16)9-12)18-8-6-13(19)10-18/h4-5,9,11,13,17,19H,3,6-8,10H2,1-2H3. The topological polar surface area (TPSA) is 35.5 Å². The van der Waals surface area contributed by atoms with Crippen LogP contribution in [0.15, 0.2) is 22.7 Å². The summed E-state index contributed by atoms with van der Waals surface area (Å²) < 4.78 is 1.12. The quantitative estimate of drug-likeness (QED) is 0.872. The van der Waals surface area contributed by atoms with E-state index in [9.17, 15) is 5.11 Å². The van der Waals surface area contributed by atoms with E-state index in [4.69, 9.17) is 0 Å². The largest absolute Gasteiger partial charge is 0.391 e. The molecule has 0 spiro atoms. The molecule has 19 heavy (non-hydrogen) atoms. The Morgan fingerprint density at radius 3 is 2.89 bits per heavy atom. The van der Waals surface area contributed by atoms with Gasteiger partial charge in [0.1, 0.15) is 0 Å². The molecule has 1 saturated heterocycles. The summed E-state index contributed by atoms with van der Waals surface area (Å²) in [5.41, 5.74) is 2.48. The molecule has 2 atom stereocenters. The van der Waals surface area contributed by atoms with Crippen LogP contribution in [-0.2, 0) is 0 Å². The molecule has 2 rings (SSSR count). The van der Waals surface area contributed by atoms with Crippen molar-refractivity contribution >= 4 is 21.6 Å². The van der Waals surface area contributed by atoms with Crippen molar-refractivity contribution in [2.75, 3.05) is 24.5 Å². The minimum Gasteiger partial charge on any atom is -0.391 e. The molecule has 0 aromatic heterocycles. The van der Waals surface area contributed by atoms with Crippen LogP contribution in [0.1, 0.15) is 38.3 Å². The average molecular weight is 327 g/mol. The first kappa shape index (κ1) is 14.8. The summed E-state index contributed by atoms with van der Waals surface area (Å²) >= 11 is 3.66. The molecule has 0 bridgehead atoms. The Labute approximate surface area is 124 Å².